The molecule has 1 saturated carbocycles. The second-order valence-corrected chi connectivity index (χ2v) is 16.9. The molecule has 3 aromatic rings. The van der Waals surface area contributed by atoms with E-state index in [1.165, 1.54) is 7.11 Å². The predicted octanol–water partition coefficient (Wildman–Crippen LogP) is 5.38. The minimum absolute atomic E-state index is 0.0719. The van der Waals surface area contributed by atoms with Crippen LogP contribution in [-0.4, -0.2) is 82.6 Å². The number of carbonyl (C=O) groups is 4. The van der Waals surface area contributed by atoms with E-state index in [1.54, 1.807) is 32.0 Å². The summed E-state index contributed by atoms with van der Waals surface area (Å²) in [5, 5.41) is 22.2. The van der Waals surface area contributed by atoms with Crippen molar-refractivity contribution in [2.75, 3.05) is 13.7 Å². The van der Waals surface area contributed by atoms with Crippen LogP contribution in [0.25, 0.3) is 11.3 Å². The van der Waals surface area contributed by atoms with E-state index in [2.05, 4.69) is 26.4 Å². The van der Waals surface area contributed by atoms with Gasteiger partial charge in [-0.05, 0) is 67.7 Å². The first kappa shape index (κ1) is 42.7. The van der Waals surface area contributed by atoms with Crippen LogP contribution in [0.15, 0.2) is 79.0 Å². The lowest BCUT2D eigenvalue weighted by atomic mass is 9.58. The number of ether oxygens (including phenoxy) is 2. The van der Waals surface area contributed by atoms with Crippen LogP contribution in [0.3, 0.4) is 0 Å². The average Bonchev–Trinajstić information content (AvgIpc) is 3.11. The molecular weight excluding hydrogens is 700 g/mol. The third kappa shape index (κ3) is 12.2. The van der Waals surface area contributed by atoms with E-state index in [-0.39, 0.29) is 25.0 Å². The molecule has 5 N–H and O–H groups in total. The number of carbonyl (C=O) groups excluding carboxylic acids is 4. The summed E-state index contributed by atoms with van der Waals surface area (Å²) in [4.78, 5) is 57.0. The highest BCUT2D eigenvalue weighted by Crippen LogP contribution is 2.46. The van der Waals surface area contributed by atoms with E-state index in [1.807, 2.05) is 107 Å². The molecular formula is C42H58N6O7. The smallest absolute Gasteiger partial charge is 0.407 e. The second kappa shape index (κ2) is 18.1. The van der Waals surface area contributed by atoms with Gasteiger partial charge in [-0.15, -0.1) is 0 Å². The van der Waals surface area contributed by atoms with E-state index < -0.39 is 58.6 Å². The fraction of sp³-hybridized carbons (Fsp3) is 0.500. The van der Waals surface area contributed by atoms with Crippen molar-refractivity contribution >= 4 is 24.0 Å². The Hall–Kier alpha value is -5.01. The molecule has 1 aromatic heterocycles. The first-order valence-corrected chi connectivity index (χ1v) is 18.7. The molecule has 13 heteroatoms. The topological polar surface area (TPSA) is 171 Å². The highest BCUT2D eigenvalue weighted by atomic mass is 16.6. The summed E-state index contributed by atoms with van der Waals surface area (Å²) in [5.41, 5.74) is 4.48. The molecule has 55 heavy (non-hydrogen) atoms. The van der Waals surface area contributed by atoms with E-state index in [0.29, 0.717) is 12.8 Å². The number of benzene rings is 2. The van der Waals surface area contributed by atoms with Gasteiger partial charge < -0.3 is 30.5 Å². The summed E-state index contributed by atoms with van der Waals surface area (Å²) >= 11 is 0. The molecule has 13 nitrogen and oxygen atoms in total. The number of nitrogens with zero attached hydrogens (tertiary/aromatic N) is 2. The molecule has 4 amide bonds. The Balaban J connectivity index is 1.57. The number of alkyl carbamates (subject to hydrolysis) is 2. The summed E-state index contributed by atoms with van der Waals surface area (Å²) in [6.45, 7) is 14.8. The third-order valence-electron chi connectivity index (χ3n) is 9.91. The molecule has 1 heterocycles. The number of amides is 4. The van der Waals surface area contributed by atoms with Crippen molar-refractivity contribution < 1.29 is 33.8 Å². The van der Waals surface area contributed by atoms with Gasteiger partial charge in [-0.25, -0.2) is 14.6 Å². The number of aromatic nitrogens is 1. The highest BCUT2D eigenvalue weighted by molar-refractivity contribution is 5.86. The van der Waals surface area contributed by atoms with Crippen molar-refractivity contribution in [1.29, 1.82) is 0 Å². The van der Waals surface area contributed by atoms with Crippen molar-refractivity contribution in [1.82, 2.24) is 31.4 Å². The highest BCUT2D eigenvalue weighted by Gasteiger charge is 2.53. The molecule has 5 atom stereocenters. The van der Waals surface area contributed by atoms with E-state index in [0.717, 1.165) is 22.4 Å². The third-order valence-corrected chi connectivity index (χ3v) is 9.91. The first-order chi connectivity index (χ1) is 25.8. The van der Waals surface area contributed by atoms with Gasteiger partial charge >= 0.3 is 12.2 Å². The van der Waals surface area contributed by atoms with Gasteiger partial charge in [0.1, 0.15) is 11.6 Å². The summed E-state index contributed by atoms with van der Waals surface area (Å²) < 4.78 is 10.2. The molecule has 298 valence electrons. The number of aliphatic hydroxyl groups excluding tert-OH is 1. The van der Waals surface area contributed by atoms with Gasteiger partial charge in [-0.3, -0.25) is 20.0 Å². The zero-order valence-electron chi connectivity index (χ0n) is 33.5. The van der Waals surface area contributed by atoms with Gasteiger partial charge in [0.2, 0.25) is 5.91 Å². The molecule has 0 aliphatic heterocycles. The summed E-state index contributed by atoms with van der Waals surface area (Å²) in [7, 11) is 1.23. The summed E-state index contributed by atoms with van der Waals surface area (Å²) in [6, 6.07) is 20.9. The number of nitrogens with one attached hydrogen (secondary N) is 4. The summed E-state index contributed by atoms with van der Waals surface area (Å²) in [5.74, 6) is -1.19. The maximum absolute atomic E-state index is 13.9. The van der Waals surface area contributed by atoms with Crippen LogP contribution in [0, 0.1) is 16.7 Å². The van der Waals surface area contributed by atoms with Crippen molar-refractivity contribution in [2.45, 2.75) is 105 Å². The number of hydrazine groups is 1. The minimum atomic E-state index is -1.15. The molecule has 0 radical (unpaired) electrons. The maximum atomic E-state index is 13.9. The van der Waals surface area contributed by atoms with Crippen molar-refractivity contribution in [3.63, 3.8) is 0 Å². The normalized spacial score (nSPS) is 18.2. The molecule has 0 bridgehead atoms. The quantitative estimate of drug-likeness (QED) is 0.136. The van der Waals surface area contributed by atoms with Gasteiger partial charge in [0.25, 0.3) is 5.91 Å². The van der Waals surface area contributed by atoms with Crippen LogP contribution in [0.4, 0.5) is 9.59 Å². The Morgan fingerprint density at radius 1 is 0.891 bits per heavy atom. The van der Waals surface area contributed by atoms with Crippen molar-refractivity contribution in [3.05, 3.63) is 90.1 Å². The largest absolute Gasteiger partial charge is 0.453 e. The van der Waals surface area contributed by atoms with Crippen molar-refractivity contribution in [2.24, 2.45) is 16.7 Å². The predicted molar refractivity (Wildman–Crippen MR) is 210 cm³/mol. The average molecular weight is 759 g/mol. The van der Waals surface area contributed by atoms with Gasteiger partial charge in [0, 0.05) is 36.8 Å². The molecule has 0 saturated heterocycles. The molecule has 0 spiro atoms. The monoisotopic (exact) mass is 758 g/mol. The Kier molecular flexibility index (Phi) is 14.0. The second-order valence-electron chi connectivity index (χ2n) is 16.9. The Morgan fingerprint density at radius 3 is 2.11 bits per heavy atom. The van der Waals surface area contributed by atoms with Crippen LogP contribution in [-0.2, 0) is 32.0 Å². The fourth-order valence-electron chi connectivity index (χ4n) is 6.61. The van der Waals surface area contributed by atoms with E-state index in [9.17, 15) is 24.3 Å². The maximum Gasteiger partial charge on any atom is 0.407 e. The molecule has 1 aliphatic rings. The number of methoxy groups -OCH3 is 1. The van der Waals surface area contributed by atoms with E-state index in [4.69, 9.17) is 9.47 Å². The van der Waals surface area contributed by atoms with Crippen LogP contribution in [0.1, 0.15) is 72.9 Å². The molecule has 4 rings (SSSR count). The van der Waals surface area contributed by atoms with Crippen molar-refractivity contribution in [3.8, 4) is 11.3 Å². The van der Waals surface area contributed by atoms with Gasteiger partial charge in [-0.2, -0.15) is 0 Å². The van der Waals surface area contributed by atoms with Crippen LogP contribution < -0.4 is 21.4 Å². The Bertz CT molecular complexity index is 1740. The Morgan fingerprint density at radius 2 is 1.55 bits per heavy atom. The van der Waals surface area contributed by atoms with Gasteiger partial charge in [-0.1, -0.05) is 95.3 Å². The number of pyridine rings is 1. The molecule has 2 aromatic carbocycles. The Labute approximate surface area is 324 Å². The molecule has 1 fully saturated rings. The number of aliphatic hydroxyl groups is 1. The minimum Gasteiger partial charge on any atom is -0.453 e. The van der Waals surface area contributed by atoms with E-state index >= 15 is 0 Å². The fourth-order valence-corrected chi connectivity index (χ4v) is 6.61. The van der Waals surface area contributed by atoms with Crippen LogP contribution in [0.5, 0.6) is 0 Å². The molecule has 1 aliphatic carbocycles. The number of hydrogen-bond acceptors (Lipinski definition) is 9. The lowest BCUT2D eigenvalue weighted by Crippen LogP contribution is -2.64. The summed E-state index contributed by atoms with van der Waals surface area (Å²) in [6.07, 6.45) is 0.00878. The first-order valence-electron chi connectivity index (χ1n) is 18.7. The standard InChI is InChI=1S/C42H58N6O7/c1-40(2,3)35(46-38(52)54-9)37(51)47-48(25-28-18-20-29(21-19-28)31-17-13-14-22-43-31)26-33(49)32(23-27-15-11-10-12-16-27)44-36(50)30-24-34(42(30,7)8)45-39(53)55-41(4,5)6/h10-22,30,32-35,49H,23-26H2,1-9H3,(H,44,50)(H,45,53)(H,46,52)(H,47,51)/t30-,32+,33+,34-,35-/m1/s1. The number of hydrogen-bond donors (Lipinski definition) is 5. The van der Waals surface area contributed by atoms with Crippen LogP contribution >= 0.6 is 0 Å². The SMILES string of the molecule is COC(=O)N[C@H](C(=O)NN(Cc1ccc(-c2ccccn2)cc1)C[C@H](O)[C@H](Cc1ccccc1)NC(=O)[C@H]1C[C@@H](NC(=O)OC(C)(C)C)C1(C)C)C(C)(C)C. The zero-order chi connectivity index (χ0) is 40.6. The van der Waals surface area contributed by atoms with Gasteiger partial charge in [0.15, 0.2) is 0 Å². The van der Waals surface area contributed by atoms with Crippen LogP contribution in [0.2, 0.25) is 0 Å². The molecule has 0 unspecified atom stereocenters. The lowest BCUT2D eigenvalue weighted by Gasteiger charge is -2.51. The number of rotatable bonds is 14. The zero-order valence-corrected chi connectivity index (χ0v) is 33.5. The van der Waals surface area contributed by atoms with Gasteiger partial charge in [0.05, 0.1) is 24.9 Å². The lowest BCUT2D eigenvalue weighted by molar-refractivity contribution is -0.139.